The Kier molecular flexibility index (Phi) is 8.57. The number of sulfonamides is 1. The van der Waals surface area contributed by atoms with E-state index in [1.807, 2.05) is 48.5 Å². The van der Waals surface area contributed by atoms with Gasteiger partial charge in [-0.25, -0.2) is 8.42 Å². The van der Waals surface area contributed by atoms with Crippen LogP contribution in [0.4, 0.5) is 5.69 Å². The highest BCUT2D eigenvalue weighted by Crippen LogP contribution is 2.29. The van der Waals surface area contributed by atoms with E-state index in [1.165, 1.54) is 4.31 Å². The molecule has 1 aliphatic rings. The molecule has 0 saturated carbocycles. The summed E-state index contributed by atoms with van der Waals surface area (Å²) in [5, 5.41) is 6.26. The molecule has 0 spiro atoms. The average Bonchev–Trinajstić information content (AvgIpc) is 3.16. The maximum atomic E-state index is 12.7. The Morgan fingerprint density at radius 3 is 2.55 bits per heavy atom. The molecule has 0 bridgehead atoms. The fourth-order valence-electron chi connectivity index (χ4n) is 3.16. The minimum Gasteiger partial charge on any atom is -0.497 e. The number of benzene rings is 2. The predicted octanol–water partition coefficient (Wildman–Crippen LogP) is 2.37. The first kappa shape index (κ1) is 23.3. The molecule has 0 radical (unpaired) electrons. The van der Waals surface area contributed by atoms with Crippen LogP contribution in [0, 0.1) is 0 Å². The molecule has 158 valence electrons. The summed E-state index contributed by atoms with van der Waals surface area (Å²) in [6.45, 7) is 1.37. The van der Waals surface area contributed by atoms with Crippen molar-refractivity contribution in [1.29, 1.82) is 0 Å². The molecule has 0 aromatic heterocycles. The second-order valence-electron chi connectivity index (χ2n) is 6.47. The zero-order valence-electron chi connectivity index (χ0n) is 16.6. The van der Waals surface area contributed by atoms with E-state index in [2.05, 4.69) is 15.6 Å². The lowest BCUT2D eigenvalue weighted by Crippen LogP contribution is -2.41. The standard InChI is InChI=1S/C20H26N4O3S.HI/c1-21-20(23-15-16-7-9-18(27-2)10-8-16)22-12-14-28(25,26)24-13-11-17-5-3-4-6-19(17)24;/h3-10H,11-15H2,1-2H3,(H2,21,22,23);1H. The molecule has 0 aliphatic carbocycles. The van der Waals surface area contributed by atoms with Gasteiger partial charge >= 0.3 is 0 Å². The molecule has 2 aromatic rings. The van der Waals surface area contributed by atoms with E-state index < -0.39 is 10.0 Å². The molecular weight excluding hydrogens is 503 g/mol. The van der Waals surface area contributed by atoms with Crippen LogP contribution in [0.3, 0.4) is 0 Å². The van der Waals surface area contributed by atoms with Crippen molar-refractivity contribution in [3.8, 4) is 5.75 Å². The van der Waals surface area contributed by atoms with Crippen LogP contribution in [0.2, 0.25) is 0 Å². The van der Waals surface area contributed by atoms with Crippen molar-refractivity contribution in [2.24, 2.45) is 4.99 Å². The van der Waals surface area contributed by atoms with Crippen molar-refractivity contribution in [1.82, 2.24) is 10.6 Å². The van der Waals surface area contributed by atoms with Gasteiger partial charge in [0, 0.05) is 26.7 Å². The van der Waals surface area contributed by atoms with Crippen LogP contribution >= 0.6 is 24.0 Å². The largest absolute Gasteiger partial charge is 0.497 e. The van der Waals surface area contributed by atoms with Gasteiger partial charge in [-0.1, -0.05) is 30.3 Å². The van der Waals surface area contributed by atoms with Crippen molar-refractivity contribution >= 4 is 45.6 Å². The van der Waals surface area contributed by atoms with Gasteiger partial charge in [0.25, 0.3) is 0 Å². The van der Waals surface area contributed by atoms with E-state index >= 15 is 0 Å². The maximum absolute atomic E-state index is 12.7. The lowest BCUT2D eigenvalue weighted by molar-refractivity contribution is 0.414. The Bertz CT molecular complexity index is 933. The summed E-state index contributed by atoms with van der Waals surface area (Å²) in [6.07, 6.45) is 0.758. The van der Waals surface area contributed by atoms with Gasteiger partial charge in [0.15, 0.2) is 5.96 Å². The number of anilines is 1. The third-order valence-corrected chi connectivity index (χ3v) is 6.45. The SMILES string of the molecule is CN=C(NCCS(=O)(=O)N1CCc2ccccc21)NCc1ccc(OC)cc1.I. The molecule has 1 heterocycles. The molecular formula is C20H27IN4O3S. The summed E-state index contributed by atoms with van der Waals surface area (Å²) in [5.41, 5.74) is 2.95. The number of para-hydroxylation sites is 1. The summed E-state index contributed by atoms with van der Waals surface area (Å²) in [6, 6.07) is 15.4. The fourth-order valence-corrected chi connectivity index (χ4v) is 4.58. The van der Waals surface area contributed by atoms with Crippen LogP contribution in [0.15, 0.2) is 53.5 Å². The number of fused-ring (bicyclic) bond motifs is 1. The number of halogens is 1. The van der Waals surface area contributed by atoms with Crippen molar-refractivity contribution < 1.29 is 13.2 Å². The normalized spacial score (nSPS) is 13.4. The monoisotopic (exact) mass is 530 g/mol. The molecule has 7 nitrogen and oxygen atoms in total. The van der Waals surface area contributed by atoms with Gasteiger partial charge in [-0.15, -0.1) is 24.0 Å². The minimum atomic E-state index is -3.38. The van der Waals surface area contributed by atoms with Gasteiger partial charge in [0.1, 0.15) is 5.75 Å². The number of rotatable bonds is 7. The van der Waals surface area contributed by atoms with Crippen LogP contribution in [0.25, 0.3) is 0 Å². The molecule has 0 atom stereocenters. The number of hydrogen-bond donors (Lipinski definition) is 2. The van der Waals surface area contributed by atoms with E-state index in [0.717, 1.165) is 29.0 Å². The number of ether oxygens (including phenoxy) is 1. The highest BCUT2D eigenvalue weighted by Gasteiger charge is 2.28. The first-order valence-corrected chi connectivity index (χ1v) is 10.8. The van der Waals surface area contributed by atoms with Crippen LogP contribution < -0.4 is 19.7 Å². The molecule has 0 saturated heterocycles. The van der Waals surface area contributed by atoms with E-state index in [4.69, 9.17) is 4.74 Å². The fraction of sp³-hybridized carbons (Fsp3) is 0.350. The Labute approximate surface area is 189 Å². The molecule has 0 amide bonds. The highest BCUT2D eigenvalue weighted by molar-refractivity contribution is 14.0. The lowest BCUT2D eigenvalue weighted by atomic mass is 10.2. The molecule has 2 N–H and O–H groups in total. The van der Waals surface area contributed by atoms with Crippen LogP contribution in [-0.2, 0) is 23.0 Å². The summed E-state index contributed by atoms with van der Waals surface area (Å²) >= 11 is 0. The summed E-state index contributed by atoms with van der Waals surface area (Å²) in [5.74, 6) is 1.37. The smallest absolute Gasteiger partial charge is 0.236 e. The number of nitrogens with one attached hydrogen (secondary N) is 2. The van der Waals surface area contributed by atoms with Crippen LogP contribution in [-0.4, -0.2) is 47.4 Å². The number of aliphatic imine (C=N–C) groups is 1. The lowest BCUT2D eigenvalue weighted by Gasteiger charge is -2.20. The highest BCUT2D eigenvalue weighted by atomic mass is 127. The number of nitrogens with zero attached hydrogens (tertiary/aromatic N) is 2. The minimum absolute atomic E-state index is 0. The number of hydrogen-bond acceptors (Lipinski definition) is 4. The number of guanidine groups is 1. The van der Waals surface area contributed by atoms with Gasteiger partial charge in [-0.3, -0.25) is 9.30 Å². The second kappa shape index (κ2) is 10.7. The molecule has 1 aliphatic heterocycles. The molecule has 3 rings (SSSR count). The molecule has 9 heteroatoms. The Morgan fingerprint density at radius 1 is 1.14 bits per heavy atom. The molecule has 2 aromatic carbocycles. The third-order valence-electron chi connectivity index (χ3n) is 4.68. The van der Waals surface area contributed by atoms with Gasteiger partial charge in [0.2, 0.25) is 10.0 Å². The van der Waals surface area contributed by atoms with Crippen LogP contribution in [0.5, 0.6) is 5.75 Å². The van der Waals surface area contributed by atoms with Crippen LogP contribution in [0.1, 0.15) is 11.1 Å². The topological polar surface area (TPSA) is 83.0 Å². The summed E-state index contributed by atoms with van der Waals surface area (Å²) < 4.78 is 32.1. The average molecular weight is 530 g/mol. The predicted molar refractivity (Wildman–Crippen MR) is 128 cm³/mol. The zero-order chi connectivity index (χ0) is 20.0. The van der Waals surface area contributed by atoms with Gasteiger partial charge < -0.3 is 15.4 Å². The van der Waals surface area contributed by atoms with E-state index in [-0.39, 0.29) is 36.3 Å². The second-order valence-corrected chi connectivity index (χ2v) is 8.48. The van der Waals surface area contributed by atoms with Crippen molar-refractivity contribution in [2.75, 3.05) is 37.3 Å². The van der Waals surface area contributed by atoms with Crippen molar-refractivity contribution in [3.05, 3.63) is 59.7 Å². The third kappa shape index (κ3) is 5.99. The van der Waals surface area contributed by atoms with E-state index in [9.17, 15) is 8.42 Å². The first-order chi connectivity index (χ1) is 13.5. The van der Waals surface area contributed by atoms with Crippen molar-refractivity contribution in [3.63, 3.8) is 0 Å². The number of methoxy groups -OCH3 is 1. The molecule has 0 fully saturated rings. The van der Waals surface area contributed by atoms with Gasteiger partial charge in [-0.2, -0.15) is 0 Å². The molecule has 29 heavy (non-hydrogen) atoms. The van der Waals surface area contributed by atoms with Crippen molar-refractivity contribution in [2.45, 2.75) is 13.0 Å². The Balaban J connectivity index is 0.00000300. The van der Waals surface area contributed by atoms with E-state index in [0.29, 0.717) is 19.0 Å². The quantitative estimate of drug-likeness (QED) is 0.327. The van der Waals surface area contributed by atoms with Gasteiger partial charge in [-0.05, 0) is 35.7 Å². The summed E-state index contributed by atoms with van der Waals surface area (Å²) in [4.78, 5) is 4.15. The summed E-state index contributed by atoms with van der Waals surface area (Å²) in [7, 11) is -0.0839. The molecule has 0 unspecified atom stereocenters. The zero-order valence-corrected chi connectivity index (χ0v) is 19.7. The Hall–Kier alpha value is -2.01. The van der Waals surface area contributed by atoms with Gasteiger partial charge in [0.05, 0.1) is 18.6 Å². The first-order valence-electron chi connectivity index (χ1n) is 9.19. The van der Waals surface area contributed by atoms with E-state index in [1.54, 1.807) is 14.2 Å². The Morgan fingerprint density at radius 2 is 1.86 bits per heavy atom. The maximum Gasteiger partial charge on any atom is 0.236 e.